The van der Waals surface area contributed by atoms with Crippen LogP contribution in [0.1, 0.15) is 65.7 Å². The molecule has 0 radical (unpaired) electrons. The second kappa shape index (κ2) is 28.1. The van der Waals surface area contributed by atoms with Gasteiger partial charge in [0.1, 0.15) is 0 Å². The van der Waals surface area contributed by atoms with Crippen LogP contribution in [0.2, 0.25) is 0 Å². The highest BCUT2D eigenvalue weighted by molar-refractivity contribution is 5.49. The van der Waals surface area contributed by atoms with Crippen LogP contribution in [-0.2, 0) is 0 Å². The van der Waals surface area contributed by atoms with Gasteiger partial charge in [0.25, 0.3) is 0 Å². The zero-order chi connectivity index (χ0) is 26.1. The first-order valence-electron chi connectivity index (χ1n) is 12.2. The number of aryl methyl sites for hydroxylation is 3. The highest BCUT2D eigenvalue weighted by atomic mass is 14.8. The Morgan fingerprint density at radius 1 is 0.471 bits per heavy atom. The molecule has 0 amide bonds. The number of para-hydroxylation sites is 1. The first-order chi connectivity index (χ1) is 16.0. The highest BCUT2D eigenvalue weighted by Crippen LogP contribution is 2.11. The summed E-state index contributed by atoms with van der Waals surface area (Å²) in [5.74, 6) is 0. The minimum absolute atomic E-state index is 0. The summed E-state index contributed by atoms with van der Waals surface area (Å²) in [6.45, 7) is 18.3. The summed E-state index contributed by atoms with van der Waals surface area (Å²) >= 11 is 0. The molecule has 0 aliphatic carbocycles. The molecule has 0 aromatic heterocycles. The fourth-order valence-electron chi connectivity index (χ4n) is 2.37. The van der Waals surface area contributed by atoms with E-state index in [0.29, 0.717) is 0 Å². The summed E-state index contributed by atoms with van der Waals surface area (Å²) in [6.07, 6.45) is 0. The molecule has 0 aliphatic heterocycles. The topological polar surface area (TPSA) is 36.1 Å². The summed E-state index contributed by atoms with van der Waals surface area (Å²) < 4.78 is 0. The smallest absolute Gasteiger partial charge is 0.0367 e. The minimum Gasteiger partial charge on any atom is -0.388 e. The van der Waals surface area contributed by atoms with Crippen LogP contribution < -0.4 is 16.0 Å². The molecule has 0 fully saturated rings. The maximum absolute atomic E-state index is 3.10. The molecule has 3 rings (SSSR count). The standard InChI is InChI=1S/3C8H11N.3C2H6.CH4/c1-7-3-5-8(9-2)6-4-7;1-7-4-3-5-8(6-7)9-2;1-7-5-3-4-6-8(7)9-2;3*1-2;/h3*3-6,9H,1-2H3;3*1-2H3;1H4. The molecular weight excluding hydrogens is 414 g/mol. The Labute approximate surface area is 213 Å². The third-order valence-corrected chi connectivity index (χ3v) is 4.06. The third-order valence-electron chi connectivity index (χ3n) is 4.06. The van der Waals surface area contributed by atoms with Crippen LogP contribution in [0.4, 0.5) is 17.1 Å². The lowest BCUT2D eigenvalue weighted by Gasteiger charge is -2.01. The van der Waals surface area contributed by atoms with Crippen molar-refractivity contribution in [2.24, 2.45) is 0 Å². The first kappa shape index (κ1) is 38.3. The van der Waals surface area contributed by atoms with Gasteiger partial charge in [-0.1, -0.05) is 97.0 Å². The van der Waals surface area contributed by atoms with Gasteiger partial charge in [0.15, 0.2) is 0 Å². The monoisotopic (exact) mass is 469 g/mol. The van der Waals surface area contributed by atoms with Crippen LogP contribution in [-0.4, -0.2) is 21.1 Å². The molecule has 0 atom stereocenters. The Morgan fingerprint density at radius 3 is 1.32 bits per heavy atom. The predicted molar refractivity (Wildman–Crippen MR) is 163 cm³/mol. The molecule has 0 unspecified atom stereocenters. The fraction of sp³-hybridized carbons (Fsp3) is 0.419. The van der Waals surface area contributed by atoms with Gasteiger partial charge in [0, 0.05) is 38.2 Å². The lowest BCUT2D eigenvalue weighted by molar-refractivity contribution is 1.41. The van der Waals surface area contributed by atoms with Crippen molar-refractivity contribution in [2.45, 2.75) is 69.7 Å². The number of nitrogens with one attached hydrogen (secondary N) is 3. The van der Waals surface area contributed by atoms with Crippen molar-refractivity contribution < 1.29 is 0 Å². The van der Waals surface area contributed by atoms with E-state index in [0.717, 1.165) is 0 Å². The lowest BCUT2D eigenvalue weighted by Crippen LogP contribution is -1.89. The van der Waals surface area contributed by atoms with E-state index in [2.05, 4.69) is 85.3 Å². The third kappa shape index (κ3) is 19.7. The first-order valence-corrected chi connectivity index (χ1v) is 12.2. The Kier molecular flexibility index (Phi) is 31.7. The summed E-state index contributed by atoms with van der Waals surface area (Å²) in [6, 6.07) is 24.8. The summed E-state index contributed by atoms with van der Waals surface area (Å²) in [5, 5.41) is 9.22. The maximum Gasteiger partial charge on any atom is 0.0367 e. The lowest BCUT2D eigenvalue weighted by atomic mass is 10.2. The summed E-state index contributed by atoms with van der Waals surface area (Å²) in [4.78, 5) is 0. The minimum atomic E-state index is 0. The van der Waals surface area contributed by atoms with Crippen molar-refractivity contribution in [3.05, 3.63) is 89.5 Å². The second-order valence-corrected chi connectivity index (χ2v) is 6.30. The van der Waals surface area contributed by atoms with Crippen LogP contribution in [0.3, 0.4) is 0 Å². The van der Waals surface area contributed by atoms with Crippen molar-refractivity contribution in [3.63, 3.8) is 0 Å². The zero-order valence-electron chi connectivity index (χ0n) is 23.4. The second-order valence-electron chi connectivity index (χ2n) is 6.30. The van der Waals surface area contributed by atoms with Gasteiger partial charge in [0.2, 0.25) is 0 Å². The quantitative estimate of drug-likeness (QED) is 0.357. The van der Waals surface area contributed by atoms with Crippen LogP contribution in [0.15, 0.2) is 72.8 Å². The average molecular weight is 470 g/mol. The zero-order valence-corrected chi connectivity index (χ0v) is 23.4. The Bertz CT molecular complexity index is 781. The van der Waals surface area contributed by atoms with Gasteiger partial charge in [-0.05, 0) is 62.2 Å². The highest BCUT2D eigenvalue weighted by Gasteiger charge is 1.88. The van der Waals surface area contributed by atoms with E-state index in [-0.39, 0.29) is 7.43 Å². The van der Waals surface area contributed by atoms with Gasteiger partial charge in [-0.3, -0.25) is 0 Å². The van der Waals surface area contributed by atoms with E-state index in [9.17, 15) is 0 Å². The fourth-order valence-corrected chi connectivity index (χ4v) is 2.37. The van der Waals surface area contributed by atoms with Crippen LogP contribution >= 0.6 is 0 Å². The Hall–Kier alpha value is -2.94. The SMILES string of the molecule is C.CC.CC.CC.CNc1ccc(C)cc1.CNc1cccc(C)c1.CNc1ccccc1C. The van der Waals surface area contributed by atoms with Crippen molar-refractivity contribution in [1.29, 1.82) is 0 Å². The molecule has 0 heterocycles. The van der Waals surface area contributed by atoms with E-state index < -0.39 is 0 Å². The molecule has 0 spiro atoms. The van der Waals surface area contributed by atoms with Crippen molar-refractivity contribution in [1.82, 2.24) is 0 Å². The predicted octanol–water partition coefficient (Wildman–Crippen LogP) is 9.82. The maximum atomic E-state index is 3.10. The van der Waals surface area contributed by atoms with E-state index in [1.807, 2.05) is 87.0 Å². The number of hydrogen-bond acceptors (Lipinski definition) is 3. The van der Waals surface area contributed by atoms with Crippen LogP contribution in [0.25, 0.3) is 0 Å². The van der Waals surface area contributed by atoms with Gasteiger partial charge in [-0.2, -0.15) is 0 Å². The molecule has 0 aliphatic rings. The molecule has 194 valence electrons. The number of anilines is 3. The Morgan fingerprint density at radius 2 is 0.971 bits per heavy atom. The van der Waals surface area contributed by atoms with Gasteiger partial charge in [-0.15, -0.1) is 0 Å². The molecule has 3 nitrogen and oxygen atoms in total. The molecule has 0 bridgehead atoms. The molecule has 3 heteroatoms. The summed E-state index contributed by atoms with van der Waals surface area (Å²) in [5.41, 5.74) is 7.43. The van der Waals surface area contributed by atoms with Gasteiger partial charge in [0.05, 0.1) is 0 Å². The molecule has 34 heavy (non-hydrogen) atoms. The molecular formula is C31H55N3. The molecule has 0 saturated carbocycles. The van der Waals surface area contributed by atoms with Crippen LogP contribution in [0, 0.1) is 20.8 Å². The van der Waals surface area contributed by atoms with Gasteiger partial charge >= 0.3 is 0 Å². The molecule has 0 saturated heterocycles. The molecule has 3 aromatic carbocycles. The normalized spacial score (nSPS) is 7.76. The average Bonchev–Trinajstić information content (AvgIpc) is 2.89. The van der Waals surface area contributed by atoms with Crippen LogP contribution in [0.5, 0.6) is 0 Å². The summed E-state index contributed by atoms with van der Waals surface area (Å²) in [7, 11) is 5.78. The number of rotatable bonds is 3. The largest absolute Gasteiger partial charge is 0.388 e. The van der Waals surface area contributed by atoms with Gasteiger partial charge < -0.3 is 16.0 Å². The molecule has 3 aromatic rings. The van der Waals surface area contributed by atoms with Crippen molar-refractivity contribution in [3.8, 4) is 0 Å². The van der Waals surface area contributed by atoms with Crippen molar-refractivity contribution in [2.75, 3.05) is 37.1 Å². The van der Waals surface area contributed by atoms with Gasteiger partial charge in [-0.25, -0.2) is 0 Å². The Balaban J connectivity index is -0.000000176. The number of benzene rings is 3. The number of hydrogen-bond donors (Lipinski definition) is 3. The van der Waals surface area contributed by atoms with E-state index >= 15 is 0 Å². The van der Waals surface area contributed by atoms with E-state index in [1.165, 1.54) is 33.8 Å². The van der Waals surface area contributed by atoms with E-state index in [1.54, 1.807) is 0 Å². The van der Waals surface area contributed by atoms with E-state index in [4.69, 9.17) is 0 Å². The van der Waals surface area contributed by atoms with Crippen molar-refractivity contribution >= 4 is 17.1 Å². The molecule has 3 N–H and O–H groups in total.